The van der Waals surface area contributed by atoms with E-state index >= 15 is 0 Å². The summed E-state index contributed by atoms with van der Waals surface area (Å²) in [7, 11) is 0. The van der Waals surface area contributed by atoms with E-state index in [1.807, 2.05) is 0 Å². The summed E-state index contributed by atoms with van der Waals surface area (Å²) in [6.07, 6.45) is 4.08. The fraction of sp³-hybridized carbons (Fsp3) is 0.286. The number of carbonyl (C=O) groups excluding carboxylic acids is 1. The lowest BCUT2D eigenvalue weighted by Gasteiger charge is -2.19. The van der Waals surface area contributed by atoms with E-state index in [0.29, 0.717) is 24.9 Å². The van der Waals surface area contributed by atoms with Crippen molar-refractivity contribution in [2.24, 2.45) is 0 Å². The minimum atomic E-state index is -0.971. The van der Waals surface area contributed by atoms with Crippen LogP contribution >= 0.6 is 0 Å². The average Bonchev–Trinajstić information content (AvgIpc) is 2.87. The second kappa shape index (κ2) is 5.65. The highest BCUT2D eigenvalue weighted by Crippen LogP contribution is 2.18. The van der Waals surface area contributed by atoms with Gasteiger partial charge in [-0.25, -0.2) is 9.18 Å². The first-order valence-corrected chi connectivity index (χ1v) is 6.05. The molecule has 0 radical (unpaired) electrons. The van der Waals surface area contributed by atoms with Gasteiger partial charge in [-0.2, -0.15) is 0 Å². The van der Waals surface area contributed by atoms with Gasteiger partial charge >= 0.3 is 5.97 Å². The highest BCUT2D eigenvalue weighted by atomic mass is 19.1. The summed E-state index contributed by atoms with van der Waals surface area (Å²) in [5.41, 5.74) is 0.695. The molecule has 0 unspecified atom stereocenters. The first-order chi connectivity index (χ1) is 9.08. The Labute approximate surface area is 110 Å². The Morgan fingerprint density at radius 2 is 2.00 bits per heavy atom. The number of aliphatic carboxylic acids is 1. The molecule has 1 N–H and O–H groups in total. The number of benzene rings is 1. The van der Waals surface area contributed by atoms with Crippen LogP contribution in [-0.2, 0) is 9.59 Å². The number of carboxylic acids is 1. The molecule has 100 valence electrons. The van der Waals surface area contributed by atoms with Crippen molar-refractivity contribution in [3.8, 4) is 0 Å². The van der Waals surface area contributed by atoms with E-state index in [9.17, 15) is 14.0 Å². The molecule has 0 aromatic heterocycles. The van der Waals surface area contributed by atoms with Gasteiger partial charge in [-0.1, -0.05) is 12.1 Å². The molecular weight excluding hydrogens is 249 g/mol. The van der Waals surface area contributed by atoms with Crippen LogP contribution in [0.3, 0.4) is 0 Å². The minimum Gasteiger partial charge on any atom is -0.480 e. The van der Waals surface area contributed by atoms with Crippen molar-refractivity contribution in [2.45, 2.75) is 18.9 Å². The summed E-state index contributed by atoms with van der Waals surface area (Å²) in [5.74, 6) is -1.63. The van der Waals surface area contributed by atoms with Crippen molar-refractivity contribution in [1.82, 2.24) is 4.90 Å². The standard InChI is InChI=1S/C14H14FNO3/c15-11-6-3-10(4-7-11)5-8-13(17)16-9-1-2-12(16)14(18)19/h3-8,12H,1-2,9H2,(H,18,19)/b8-5+/t12-/m0/s1. The second-order valence-electron chi connectivity index (χ2n) is 4.41. The van der Waals surface area contributed by atoms with E-state index in [4.69, 9.17) is 5.11 Å². The normalized spacial score (nSPS) is 19.0. The molecule has 1 fully saturated rings. The molecule has 1 aliphatic rings. The van der Waals surface area contributed by atoms with Gasteiger partial charge in [-0.3, -0.25) is 4.79 Å². The monoisotopic (exact) mass is 263 g/mol. The highest BCUT2D eigenvalue weighted by molar-refractivity contribution is 5.94. The quantitative estimate of drug-likeness (QED) is 0.847. The third-order valence-electron chi connectivity index (χ3n) is 3.11. The summed E-state index contributed by atoms with van der Waals surface area (Å²) in [4.78, 5) is 24.2. The van der Waals surface area contributed by atoms with Crippen molar-refractivity contribution in [3.05, 3.63) is 41.7 Å². The van der Waals surface area contributed by atoms with Gasteiger partial charge in [-0.15, -0.1) is 0 Å². The first-order valence-electron chi connectivity index (χ1n) is 6.05. The predicted molar refractivity (Wildman–Crippen MR) is 67.8 cm³/mol. The Hall–Kier alpha value is -2.17. The molecule has 0 saturated carbocycles. The zero-order valence-corrected chi connectivity index (χ0v) is 10.3. The fourth-order valence-electron chi connectivity index (χ4n) is 2.12. The second-order valence-corrected chi connectivity index (χ2v) is 4.41. The van der Waals surface area contributed by atoms with Gasteiger partial charge in [0.1, 0.15) is 11.9 Å². The maximum atomic E-state index is 12.7. The lowest BCUT2D eigenvalue weighted by atomic mass is 10.2. The van der Waals surface area contributed by atoms with Gasteiger partial charge < -0.3 is 10.0 Å². The molecule has 5 heteroatoms. The molecule has 1 aliphatic heterocycles. The molecule has 1 aromatic carbocycles. The van der Waals surface area contributed by atoms with Crippen LogP contribution in [0.15, 0.2) is 30.3 Å². The maximum absolute atomic E-state index is 12.7. The van der Waals surface area contributed by atoms with E-state index in [1.54, 1.807) is 18.2 Å². The van der Waals surface area contributed by atoms with Gasteiger partial charge in [0.05, 0.1) is 0 Å². The highest BCUT2D eigenvalue weighted by Gasteiger charge is 2.32. The number of carboxylic acid groups (broad SMARTS) is 1. The van der Waals surface area contributed by atoms with Crippen LogP contribution in [0, 0.1) is 5.82 Å². The van der Waals surface area contributed by atoms with Crippen molar-refractivity contribution in [1.29, 1.82) is 0 Å². The minimum absolute atomic E-state index is 0.325. The first kappa shape index (κ1) is 13.3. The Kier molecular flexibility index (Phi) is 3.94. The molecule has 19 heavy (non-hydrogen) atoms. The smallest absolute Gasteiger partial charge is 0.326 e. The van der Waals surface area contributed by atoms with Gasteiger partial charge in [0.2, 0.25) is 5.91 Å². The Bertz CT molecular complexity index is 510. The van der Waals surface area contributed by atoms with Crippen LogP contribution in [-0.4, -0.2) is 34.5 Å². The lowest BCUT2D eigenvalue weighted by Crippen LogP contribution is -2.39. The van der Waals surface area contributed by atoms with Crippen LogP contribution in [0.25, 0.3) is 6.08 Å². The van der Waals surface area contributed by atoms with Crippen LogP contribution in [0.5, 0.6) is 0 Å². The van der Waals surface area contributed by atoms with E-state index in [-0.39, 0.29) is 11.7 Å². The number of hydrogen-bond acceptors (Lipinski definition) is 2. The van der Waals surface area contributed by atoms with Gasteiger partial charge in [0.25, 0.3) is 0 Å². The number of hydrogen-bond donors (Lipinski definition) is 1. The Balaban J connectivity index is 2.04. The van der Waals surface area contributed by atoms with E-state index in [2.05, 4.69) is 0 Å². The number of rotatable bonds is 3. The maximum Gasteiger partial charge on any atom is 0.326 e. The van der Waals surface area contributed by atoms with Crippen LogP contribution in [0.4, 0.5) is 4.39 Å². The molecule has 4 nitrogen and oxygen atoms in total. The van der Waals surface area contributed by atoms with E-state index in [1.165, 1.54) is 23.1 Å². The fourth-order valence-corrected chi connectivity index (χ4v) is 2.12. The average molecular weight is 263 g/mol. The summed E-state index contributed by atoms with van der Waals surface area (Å²) in [6.45, 7) is 0.462. The topological polar surface area (TPSA) is 57.6 Å². The molecule has 0 spiro atoms. The lowest BCUT2D eigenvalue weighted by molar-refractivity contribution is -0.146. The summed E-state index contributed by atoms with van der Waals surface area (Å²) in [5, 5.41) is 8.99. The van der Waals surface area contributed by atoms with Gasteiger partial charge in [-0.05, 0) is 36.6 Å². The molecule has 1 amide bonds. The Morgan fingerprint density at radius 1 is 1.32 bits per heavy atom. The number of halogens is 1. The molecule has 0 aliphatic carbocycles. The van der Waals surface area contributed by atoms with Crippen molar-refractivity contribution in [3.63, 3.8) is 0 Å². The molecule has 1 heterocycles. The molecule has 2 rings (SSSR count). The van der Waals surface area contributed by atoms with Gasteiger partial charge in [0, 0.05) is 12.6 Å². The van der Waals surface area contributed by atoms with E-state index < -0.39 is 12.0 Å². The predicted octanol–water partition coefficient (Wildman–Crippen LogP) is 1.91. The molecule has 1 aromatic rings. The number of amides is 1. The molecule has 1 atom stereocenters. The van der Waals surface area contributed by atoms with Crippen LogP contribution in [0.2, 0.25) is 0 Å². The molecule has 1 saturated heterocycles. The zero-order chi connectivity index (χ0) is 13.8. The number of carbonyl (C=O) groups is 2. The zero-order valence-electron chi connectivity index (χ0n) is 10.3. The Morgan fingerprint density at radius 3 is 2.63 bits per heavy atom. The van der Waals surface area contributed by atoms with Crippen LogP contribution in [0.1, 0.15) is 18.4 Å². The molecule has 0 bridgehead atoms. The third-order valence-corrected chi connectivity index (χ3v) is 3.11. The van der Waals surface area contributed by atoms with E-state index in [0.717, 1.165) is 0 Å². The van der Waals surface area contributed by atoms with Crippen LogP contribution < -0.4 is 0 Å². The van der Waals surface area contributed by atoms with Crippen molar-refractivity contribution < 1.29 is 19.1 Å². The summed E-state index contributed by atoms with van der Waals surface area (Å²) < 4.78 is 12.7. The van der Waals surface area contributed by atoms with Crippen molar-refractivity contribution in [2.75, 3.05) is 6.54 Å². The summed E-state index contributed by atoms with van der Waals surface area (Å²) in [6, 6.07) is 4.99. The largest absolute Gasteiger partial charge is 0.480 e. The molecular formula is C14H14FNO3. The third kappa shape index (κ3) is 3.19. The van der Waals surface area contributed by atoms with Gasteiger partial charge in [0.15, 0.2) is 0 Å². The van der Waals surface area contributed by atoms with Crippen molar-refractivity contribution >= 4 is 18.0 Å². The SMILES string of the molecule is O=C(O)[C@@H]1CCCN1C(=O)/C=C/c1ccc(F)cc1. The number of likely N-dealkylation sites (tertiary alicyclic amines) is 1. The number of nitrogens with zero attached hydrogens (tertiary/aromatic N) is 1. The summed E-state index contributed by atoms with van der Waals surface area (Å²) >= 11 is 0.